The third kappa shape index (κ3) is 5.07. The predicted octanol–water partition coefficient (Wildman–Crippen LogP) is 5.03. The topological polar surface area (TPSA) is 54.9 Å². The van der Waals surface area contributed by atoms with Gasteiger partial charge in [-0.15, -0.1) is 0 Å². The molecule has 0 bridgehead atoms. The summed E-state index contributed by atoms with van der Waals surface area (Å²) in [6, 6.07) is 12.2. The fourth-order valence-corrected chi connectivity index (χ4v) is 5.90. The zero-order valence-electron chi connectivity index (χ0n) is 20.3. The van der Waals surface area contributed by atoms with E-state index < -0.39 is 0 Å². The third-order valence-electron chi connectivity index (χ3n) is 7.68. The van der Waals surface area contributed by atoms with Crippen molar-refractivity contribution in [3.63, 3.8) is 0 Å². The van der Waals surface area contributed by atoms with Gasteiger partial charge in [0.1, 0.15) is 19.0 Å². The molecule has 3 aliphatic rings. The highest BCUT2D eigenvalue weighted by Crippen LogP contribution is 2.41. The molecule has 2 aliphatic heterocycles. The fourth-order valence-electron chi connectivity index (χ4n) is 5.90. The van der Waals surface area contributed by atoms with Crippen molar-refractivity contribution < 1.29 is 14.3 Å². The molecule has 1 aromatic carbocycles. The molecule has 1 saturated carbocycles. The number of piperidine rings is 1. The van der Waals surface area contributed by atoms with Crippen LogP contribution in [0, 0.1) is 5.92 Å². The molecule has 1 aromatic heterocycles. The van der Waals surface area contributed by atoms with Crippen molar-refractivity contribution >= 4 is 11.7 Å². The molecule has 0 spiro atoms. The van der Waals surface area contributed by atoms with E-state index in [9.17, 15) is 4.79 Å². The van der Waals surface area contributed by atoms with Crippen LogP contribution in [0.2, 0.25) is 0 Å². The number of anilines is 1. The van der Waals surface area contributed by atoms with Crippen molar-refractivity contribution in [2.45, 2.75) is 63.8 Å². The van der Waals surface area contributed by atoms with Gasteiger partial charge >= 0.3 is 0 Å². The first-order valence-electron chi connectivity index (χ1n) is 13.1. The highest BCUT2D eigenvalue weighted by Gasteiger charge is 2.33. The van der Waals surface area contributed by atoms with Gasteiger partial charge in [-0.25, -0.2) is 4.98 Å². The van der Waals surface area contributed by atoms with Crippen molar-refractivity contribution in [1.29, 1.82) is 0 Å². The molecule has 34 heavy (non-hydrogen) atoms. The Morgan fingerprint density at radius 2 is 1.82 bits per heavy atom. The maximum atomic E-state index is 13.6. The summed E-state index contributed by atoms with van der Waals surface area (Å²) in [4.78, 5) is 22.7. The zero-order valence-corrected chi connectivity index (χ0v) is 20.3. The number of fused-ring (bicyclic) bond motifs is 1. The number of hydrogen-bond acceptors (Lipinski definition) is 5. The Kier molecular flexibility index (Phi) is 7.33. The molecule has 3 heterocycles. The molecular weight excluding hydrogens is 426 g/mol. The molecule has 0 radical (unpaired) electrons. The Morgan fingerprint density at radius 3 is 2.59 bits per heavy atom. The van der Waals surface area contributed by atoms with Crippen molar-refractivity contribution in [2.75, 3.05) is 37.7 Å². The molecule has 5 rings (SSSR count). The van der Waals surface area contributed by atoms with Gasteiger partial charge in [-0.2, -0.15) is 0 Å². The van der Waals surface area contributed by atoms with Crippen molar-refractivity contribution in [2.24, 2.45) is 5.92 Å². The lowest BCUT2D eigenvalue weighted by atomic mass is 9.87. The van der Waals surface area contributed by atoms with E-state index in [4.69, 9.17) is 9.47 Å². The van der Waals surface area contributed by atoms with Crippen LogP contribution >= 0.6 is 0 Å². The maximum Gasteiger partial charge on any atom is 0.231 e. The summed E-state index contributed by atoms with van der Waals surface area (Å²) >= 11 is 0. The molecule has 2 fully saturated rings. The minimum atomic E-state index is 0.0853. The second-order valence-corrected chi connectivity index (χ2v) is 10.0. The summed E-state index contributed by atoms with van der Waals surface area (Å²) in [6.07, 6.45) is 9.56. The standard InChI is InChI=1S/C28H37N3O3/c1-21(31(26-12-5-6-15-29-26)28(32)23-8-3-2-4-9-23)20-30-16-13-22(14-17-30)24-10-7-11-25-27(24)34-19-18-33-25/h5-7,10-12,15,21-23H,2-4,8-9,13-14,16-20H2,1H3. The molecule has 1 aliphatic carbocycles. The smallest absolute Gasteiger partial charge is 0.231 e. The van der Waals surface area contributed by atoms with E-state index in [1.54, 1.807) is 6.20 Å². The van der Waals surface area contributed by atoms with Crippen LogP contribution in [-0.2, 0) is 4.79 Å². The molecule has 0 N–H and O–H groups in total. The summed E-state index contributed by atoms with van der Waals surface area (Å²) in [5.74, 6) is 3.49. The summed E-state index contributed by atoms with van der Waals surface area (Å²) < 4.78 is 11.8. The second-order valence-electron chi connectivity index (χ2n) is 10.0. The van der Waals surface area contributed by atoms with E-state index in [1.807, 2.05) is 29.2 Å². The first kappa shape index (κ1) is 23.2. The van der Waals surface area contributed by atoms with Crippen LogP contribution in [0.4, 0.5) is 5.82 Å². The van der Waals surface area contributed by atoms with Gasteiger partial charge in [0, 0.05) is 30.3 Å². The van der Waals surface area contributed by atoms with Crippen molar-refractivity contribution in [3.8, 4) is 11.5 Å². The van der Waals surface area contributed by atoms with Gasteiger partial charge in [0.2, 0.25) is 5.91 Å². The number of aromatic nitrogens is 1. The number of rotatable bonds is 6. The minimum Gasteiger partial charge on any atom is -0.486 e. The number of benzene rings is 1. The summed E-state index contributed by atoms with van der Waals surface area (Å²) in [5, 5.41) is 0. The van der Waals surface area contributed by atoms with Gasteiger partial charge in [-0.05, 0) is 69.8 Å². The van der Waals surface area contributed by atoms with Crippen LogP contribution in [-0.4, -0.2) is 54.7 Å². The van der Waals surface area contributed by atoms with E-state index in [1.165, 1.54) is 12.0 Å². The highest BCUT2D eigenvalue weighted by molar-refractivity contribution is 5.94. The molecule has 2 aromatic rings. The average molecular weight is 464 g/mol. The normalized spacial score (nSPS) is 20.6. The number of amides is 1. The average Bonchev–Trinajstić information content (AvgIpc) is 2.90. The largest absolute Gasteiger partial charge is 0.486 e. The minimum absolute atomic E-state index is 0.0853. The van der Waals surface area contributed by atoms with Crippen LogP contribution in [0.3, 0.4) is 0 Å². The van der Waals surface area contributed by atoms with Gasteiger partial charge in [-0.1, -0.05) is 37.5 Å². The lowest BCUT2D eigenvalue weighted by Gasteiger charge is -2.38. The van der Waals surface area contributed by atoms with Crippen LogP contribution in [0.15, 0.2) is 42.6 Å². The molecule has 182 valence electrons. The van der Waals surface area contributed by atoms with Gasteiger partial charge in [0.05, 0.1) is 0 Å². The number of para-hydroxylation sites is 1. The third-order valence-corrected chi connectivity index (χ3v) is 7.68. The SMILES string of the molecule is CC(CN1CCC(c2cccc3c2OCCO3)CC1)N(C(=O)C1CCCCC1)c1ccccn1. The van der Waals surface area contributed by atoms with Crippen LogP contribution < -0.4 is 14.4 Å². The van der Waals surface area contributed by atoms with E-state index in [0.29, 0.717) is 19.1 Å². The second kappa shape index (κ2) is 10.8. The van der Waals surface area contributed by atoms with Crippen molar-refractivity contribution in [1.82, 2.24) is 9.88 Å². The quantitative estimate of drug-likeness (QED) is 0.601. The molecular formula is C28H37N3O3. The highest BCUT2D eigenvalue weighted by atomic mass is 16.6. The Balaban J connectivity index is 1.24. The Morgan fingerprint density at radius 1 is 1.03 bits per heavy atom. The molecule has 1 saturated heterocycles. The molecule has 1 atom stereocenters. The number of nitrogens with zero attached hydrogens (tertiary/aromatic N) is 3. The fraction of sp³-hybridized carbons (Fsp3) is 0.571. The van der Waals surface area contributed by atoms with Gasteiger partial charge in [0.25, 0.3) is 0 Å². The number of ether oxygens (including phenoxy) is 2. The summed E-state index contributed by atoms with van der Waals surface area (Å²) in [6.45, 7) is 6.34. The van der Waals surface area contributed by atoms with Crippen LogP contribution in [0.5, 0.6) is 11.5 Å². The number of carbonyl (C=O) groups excluding carboxylic acids is 1. The number of hydrogen-bond donors (Lipinski definition) is 0. The number of carbonyl (C=O) groups is 1. The molecule has 6 heteroatoms. The predicted molar refractivity (Wildman–Crippen MR) is 134 cm³/mol. The number of likely N-dealkylation sites (tertiary alicyclic amines) is 1. The van der Waals surface area contributed by atoms with E-state index in [0.717, 1.165) is 75.5 Å². The first-order valence-corrected chi connectivity index (χ1v) is 13.1. The summed E-state index contributed by atoms with van der Waals surface area (Å²) in [5.41, 5.74) is 1.28. The Labute approximate surface area is 203 Å². The lowest BCUT2D eigenvalue weighted by Crippen LogP contribution is -2.49. The van der Waals surface area contributed by atoms with Gasteiger partial charge < -0.3 is 14.4 Å². The maximum absolute atomic E-state index is 13.6. The van der Waals surface area contributed by atoms with E-state index in [-0.39, 0.29) is 17.9 Å². The molecule has 6 nitrogen and oxygen atoms in total. The lowest BCUT2D eigenvalue weighted by molar-refractivity contribution is -0.123. The first-order chi connectivity index (χ1) is 16.7. The Hall–Kier alpha value is -2.60. The van der Waals surface area contributed by atoms with Gasteiger partial charge in [-0.3, -0.25) is 9.69 Å². The Bertz CT molecular complexity index is 953. The molecule has 1 amide bonds. The van der Waals surface area contributed by atoms with Gasteiger partial charge in [0.15, 0.2) is 11.5 Å². The van der Waals surface area contributed by atoms with E-state index >= 15 is 0 Å². The van der Waals surface area contributed by atoms with E-state index in [2.05, 4.69) is 28.9 Å². The van der Waals surface area contributed by atoms with Crippen molar-refractivity contribution in [3.05, 3.63) is 48.2 Å². The number of pyridine rings is 1. The zero-order chi connectivity index (χ0) is 23.3. The van der Waals surface area contributed by atoms with Crippen LogP contribution in [0.1, 0.15) is 63.4 Å². The summed E-state index contributed by atoms with van der Waals surface area (Å²) in [7, 11) is 0. The van der Waals surface area contributed by atoms with Crippen LogP contribution in [0.25, 0.3) is 0 Å². The monoisotopic (exact) mass is 463 g/mol. The molecule has 1 unspecified atom stereocenters.